The van der Waals surface area contributed by atoms with Crippen molar-refractivity contribution in [2.24, 2.45) is 5.10 Å². The number of aromatic nitrogens is 3. The average molecular weight is 440 g/mol. The van der Waals surface area contributed by atoms with Crippen molar-refractivity contribution in [3.8, 4) is 0 Å². The van der Waals surface area contributed by atoms with Gasteiger partial charge in [0.1, 0.15) is 29.5 Å². The van der Waals surface area contributed by atoms with Gasteiger partial charge >= 0.3 is 6.09 Å². The van der Waals surface area contributed by atoms with Gasteiger partial charge in [-0.2, -0.15) is 5.10 Å². The van der Waals surface area contributed by atoms with Crippen molar-refractivity contribution < 1.29 is 18.3 Å². The summed E-state index contributed by atoms with van der Waals surface area (Å²) in [4.78, 5) is 25.7. The Kier molecular flexibility index (Phi) is 5.58. The fraction of sp³-hybridized carbons (Fsp3) is 0.250. The molecule has 1 aliphatic rings. The molecule has 3 aromatic rings. The summed E-state index contributed by atoms with van der Waals surface area (Å²) in [5, 5.41) is 6.24. The zero-order valence-corrected chi connectivity index (χ0v) is 17.4. The van der Waals surface area contributed by atoms with E-state index in [1.165, 1.54) is 32.7 Å². The summed E-state index contributed by atoms with van der Waals surface area (Å²) in [6, 6.07) is 6.04. The lowest BCUT2D eigenvalue weighted by Crippen LogP contribution is -2.29. The molecule has 0 radical (unpaired) electrons. The number of carbonyl (C=O) groups excluding carboxylic acids is 1. The largest absolute Gasteiger partial charge is 0.452 e. The van der Waals surface area contributed by atoms with E-state index in [9.17, 15) is 9.18 Å². The van der Waals surface area contributed by atoms with Crippen molar-refractivity contribution in [1.82, 2.24) is 20.0 Å². The number of halogens is 1. The van der Waals surface area contributed by atoms with Crippen LogP contribution in [0.25, 0.3) is 0 Å². The van der Waals surface area contributed by atoms with Gasteiger partial charge in [0.15, 0.2) is 17.5 Å². The smallest absolute Gasteiger partial charge is 0.413 e. The van der Waals surface area contributed by atoms with Crippen molar-refractivity contribution in [2.45, 2.75) is 19.0 Å². The normalized spacial score (nSPS) is 15.5. The van der Waals surface area contributed by atoms with Gasteiger partial charge in [-0.05, 0) is 6.07 Å². The first kappa shape index (κ1) is 21.0. The second-order valence-corrected chi connectivity index (χ2v) is 7.02. The number of nitrogens with zero attached hydrogens (tertiary/aromatic N) is 6. The van der Waals surface area contributed by atoms with E-state index in [-0.39, 0.29) is 35.5 Å². The molecule has 1 atom stereocenters. The number of nitrogen functional groups attached to an aromatic ring is 2. The van der Waals surface area contributed by atoms with Gasteiger partial charge in [0.25, 0.3) is 0 Å². The number of rotatable bonds is 5. The lowest BCUT2D eigenvalue weighted by atomic mass is 10.1. The van der Waals surface area contributed by atoms with Crippen LogP contribution in [-0.2, 0) is 11.3 Å². The predicted octanol–water partition coefficient (Wildman–Crippen LogP) is 2.32. The third kappa shape index (κ3) is 3.89. The number of hydrazone groups is 1. The standard InChI is InChI=1S/C20H21FN8O3/c1-28(20(30)31-2)15-16(22)25-18(26-17(15)23)13-9-14(19-24-7-8-32-19)29(27-13)10-11-5-3-4-6-12(11)21/h3-8,14H,9-10H2,1-2H3,(H4,22,23,25,26). The highest BCUT2D eigenvalue weighted by Gasteiger charge is 2.34. The molecule has 0 aliphatic carbocycles. The average Bonchev–Trinajstić information content (AvgIpc) is 3.44. The highest BCUT2D eigenvalue weighted by molar-refractivity contribution is 6.01. The van der Waals surface area contributed by atoms with E-state index in [0.29, 0.717) is 23.6 Å². The van der Waals surface area contributed by atoms with E-state index >= 15 is 0 Å². The van der Waals surface area contributed by atoms with Gasteiger partial charge in [0.05, 0.1) is 19.9 Å². The number of ether oxygens (including phenoxy) is 1. The summed E-state index contributed by atoms with van der Waals surface area (Å²) in [6.45, 7) is 0.178. The Hall–Kier alpha value is -4.22. The van der Waals surface area contributed by atoms with Crippen LogP contribution in [0.4, 0.5) is 26.5 Å². The number of methoxy groups -OCH3 is 1. The van der Waals surface area contributed by atoms with Gasteiger partial charge in [-0.15, -0.1) is 0 Å². The number of benzene rings is 1. The zero-order valence-electron chi connectivity index (χ0n) is 17.4. The van der Waals surface area contributed by atoms with Crippen molar-refractivity contribution in [3.63, 3.8) is 0 Å². The van der Waals surface area contributed by atoms with Crippen LogP contribution < -0.4 is 16.4 Å². The molecule has 0 saturated carbocycles. The highest BCUT2D eigenvalue weighted by Crippen LogP contribution is 2.34. The first-order valence-electron chi connectivity index (χ1n) is 9.61. The van der Waals surface area contributed by atoms with Crippen LogP contribution in [0.3, 0.4) is 0 Å². The number of oxazole rings is 1. The van der Waals surface area contributed by atoms with Crippen molar-refractivity contribution >= 4 is 29.1 Å². The maximum Gasteiger partial charge on any atom is 0.413 e. The topological polar surface area (TPSA) is 149 Å². The Balaban J connectivity index is 1.68. The molecule has 1 aromatic carbocycles. The number of amides is 1. The molecule has 4 rings (SSSR count). The Morgan fingerprint density at radius 2 is 2.03 bits per heavy atom. The molecule has 3 heterocycles. The summed E-state index contributed by atoms with van der Waals surface area (Å²) in [5.74, 6) is 0.242. The molecule has 1 aliphatic heterocycles. The fourth-order valence-electron chi connectivity index (χ4n) is 3.44. The quantitative estimate of drug-likeness (QED) is 0.609. The Morgan fingerprint density at radius 1 is 1.31 bits per heavy atom. The van der Waals surface area contributed by atoms with Crippen LogP contribution in [0.5, 0.6) is 0 Å². The molecule has 2 aromatic heterocycles. The monoisotopic (exact) mass is 440 g/mol. The van der Waals surface area contributed by atoms with Crippen LogP contribution in [0.15, 0.2) is 46.2 Å². The van der Waals surface area contributed by atoms with Gasteiger partial charge < -0.3 is 20.6 Å². The van der Waals surface area contributed by atoms with Crippen molar-refractivity contribution in [1.29, 1.82) is 0 Å². The second-order valence-electron chi connectivity index (χ2n) is 7.02. The van der Waals surface area contributed by atoms with Crippen LogP contribution >= 0.6 is 0 Å². The van der Waals surface area contributed by atoms with E-state index in [1.54, 1.807) is 23.2 Å². The molecule has 0 saturated heterocycles. The lowest BCUT2D eigenvalue weighted by Gasteiger charge is -2.21. The fourth-order valence-corrected chi connectivity index (χ4v) is 3.44. The highest BCUT2D eigenvalue weighted by atomic mass is 19.1. The Labute approximate surface area is 182 Å². The zero-order chi connectivity index (χ0) is 22.8. The lowest BCUT2D eigenvalue weighted by molar-refractivity contribution is 0.180. The minimum atomic E-state index is -0.669. The van der Waals surface area contributed by atoms with Gasteiger partial charge in [-0.1, -0.05) is 18.2 Å². The number of hydrogen-bond donors (Lipinski definition) is 2. The Morgan fingerprint density at radius 3 is 2.66 bits per heavy atom. The molecule has 4 N–H and O–H groups in total. The number of hydrogen-bond acceptors (Lipinski definition) is 10. The minimum absolute atomic E-state index is 0.0108. The van der Waals surface area contributed by atoms with Crippen molar-refractivity contribution in [3.05, 3.63) is 59.8 Å². The van der Waals surface area contributed by atoms with E-state index in [0.717, 1.165) is 4.90 Å². The molecular weight excluding hydrogens is 419 g/mol. The number of carbonyl (C=O) groups is 1. The summed E-state index contributed by atoms with van der Waals surface area (Å²) < 4.78 is 24.4. The summed E-state index contributed by atoms with van der Waals surface area (Å²) in [7, 11) is 2.68. The van der Waals surface area contributed by atoms with Gasteiger partial charge in [0, 0.05) is 19.0 Å². The molecule has 12 heteroatoms. The van der Waals surface area contributed by atoms with E-state index in [2.05, 4.69) is 24.8 Å². The van der Waals surface area contributed by atoms with Crippen LogP contribution in [-0.4, -0.2) is 45.9 Å². The third-order valence-electron chi connectivity index (χ3n) is 5.00. The molecule has 166 valence electrons. The summed E-state index contributed by atoms with van der Waals surface area (Å²) in [6.07, 6.45) is 2.65. The van der Waals surface area contributed by atoms with Gasteiger partial charge in [-0.3, -0.25) is 9.91 Å². The molecule has 0 fully saturated rings. The molecule has 11 nitrogen and oxygen atoms in total. The second kappa shape index (κ2) is 8.49. The maximum absolute atomic E-state index is 14.2. The third-order valence-corrected chi connectivity index (χ3v) is 5.00. The van der Waals surface area contributed by atoms with Crippen LogP contribution in [0, 0.1) is 5.82 Å². The van der Waals surface area contributed by atoms with E-state index in [1.807, 2.05) is 0 Å². The first-order chi connectivity index (χ1) is 15.4. The molecule has 32 heavy (non-hydrogen) atoms. The number of nitrogens with two attached hydrogens (primary N) is 2. The van der Waals surface area contributed by atoms with Crippen LogP contribution in [0.1, 0.15) is 29.7 Å². The summed E-state index contributed by atoms with van der Waals surface area (Å²) >= 11 is 0. The molecule has 1 amide bonds. The van der Waals surface area contributed by atoms with Gasteiger partial charge in [0.2, 0.25) is 5.89 Å². The number of anilines is 3. The molecule has 1 unspecified atom stereocenters. The Bertz CT molecular complexity index is 1140. The van der Waals surface area contributed by atoms with E-state index in [4.69, 9.17) is 15.9 Å². The minimum Gasteiger partial charge on any atom is -0.452 e. The first-order valence-corrected chi connectivity index (χ1v) is 9.61. The van der Waals surface area contributed by atoms with Crippen molar-refractivity contribution in [2.75, 3.05) is 30.5 Å². The maximum atomic E-state index is 14.2. The van der Waals surface area contributed by atoms with Crippen LogP contribution in [0.2, 0.25) is 0 Å². The molecule has 0 spiro atoms. The van der Waals surface area contributed by atoms with Gasteiger partial charge in [-0.25, -0.2) is 24.1 Å². The van der Waals surface area contributed by atoms with E-state index < -0.39 is 12.1 Å². The summed E-state index contributed by atoms with van der Waals surface area (Å²) in [5.41, 5.74) is 13.2. The molecule has 0 bridgehead atoms. The predicted molar refractivity (Wildman–Crippen MR) is 114 cm³/mol. The SMILES string of the molecule is COC(=O)N(C)c1c(N)nc(C2=NN(Cc3ccccc3F)C(c3ncco3)C2)nc1N. The molecular formula is C20H21FN8O3.